The Balaban J connectivity index is 1.42. The molecule has 1 unspecified atom stereocenters. The van der Waals surface area contributed by atoms with E-state index in [1.165, 1.54) is 0 Å². The fourth-order valence-corrected chi connectivity index (χ4v) is 3.20. The lowest BCUT2D eigenvalue weighted by molar-refractivity contribution is 0.0680. The second-order valence-electron chi connectivity index (χ2n) is 6.85. The van der Waals surface area contributed by atoms with Crippen LogP contribution in [0, 0.1) is 6.92 Å². The molecule has 1 aromatic carbocycles. The predicted octanol–water partition coefficient (Wildman–Crippen LogP) is 3.17. The van der Waals surface area contributed by atoms with Gasteiger partial charge in [0.15, 0.2) is 0 Å². The molecule has 1 fully saturated rings. The molecular formula is C21H23N3O3. The molecule has 6 nitrogen and oxygen atoms in total. The SMILES string of the molecule is Cc1ccc2nc(CNc3cccc(OCC4CCCO4)c3)cc(=O)n2c1. The van der Waals surface area contributed by atoms with Gasteiger partial charge >= 0.3 is 0 Å². The van der Waals surface area contributed by atoms with Crippen LogP contribution in [0.5, 0.6) is 5.75 Å². The zero-order valence-corrected chi connectivity index (χ0v) is 15.4. The summed E-state index contributed by atoms with van der Waals surface area (Å²) < 4.78 is 13.0. The van der Waals surface area contributed by atoms with Gasteiger partial charge in [0.25, 0.3) is 5.56 Å². The summed E-state index contributed by atoms with van der Waals surface area (Å²) in [4.78, 5) is 16.8. The number of pyridine rings is 1. The van der Waals surface area contributed by atoms with Crippen molar-refractivity contribution in [3.63, 3.8) is 0 Å². The van der Waals surface area contributed by atoms with Crippen LogP contribution in [0.25, 0.3) is 5.65 Å². The largest absolute Gasteiger partial charge is 0.491 e. The molecular weight excluding hydrogens is 342 g/mol. The Bertz CT molecular complexity index is 993. The van der Waals surface area contributed by atoms with Crippen LogP contribution in [-0.4, -0.2) is 28.7 Å². The van der Waals surface area contributed by atoms with E-state index in [2.05, 4.69) is 10.3 Å². The lowest BCUT2D eigenvalue weighted by Gasteiger charge is -2.13. The van der Waals surface area contributed by atoms with Crippen LogP contribution < -0.4 is 15.6 Å². The van der Waals surface area contributed by atoms with Crippen LogP contribution >= 0.6 is 0 Å². The highest BCUT2D eigenvalue weighted by molar-refractivity contribution is 5.48. The zero-order valence-electron chi connectivity index (χ0n) is 15.4. The van der Waals surface area contributed by atoms with Crippen molar-refractivity contribution >= 4 is 11.3 Å². The molecule has 27 heavy (non-hydrogen) atoms. The smallest absolute Gasteiger partial charge is 0.258 e. The summed E-state index contributed by atoms with van der Waals surface area (Å²) in [5.74, 6) is 0.803. The van der Waals surface area contributed by atoms with E-state index in [0.29, 0.717) is 24.5 Å². The van der Waals surface area contributed by atoms with Gasteiger partial charge in [0, 0.05) is 30.6 Å². The molecule has 2 aromatic heterocycles. The number of hydrogen-bond acceptors (Lipinski definition) is 5. The number of nitrogens with one attached hydrogen (secondary N) is 1. The third-order valence-electron chi connectivity index (χ3n) is 4.63. The number of rotatable bonds is 6. The van der Waals surface area contributed by atoms with Crippen molar-refractivity contribution in [2.75, 3.05) is 18.5 Å². The molecule has 1 aliphatic rings. The summed E-state index contributed by atoms with van der Waals surface area (Å²) >= 11 is 0. The Labute approximate surface area is 157 Å². The van der Waals surface area contributed by atoms with Gasteiger partial charge in [0.1, 0.15) is 18.0 Å². The molecule has 1 atom stereocenters. The van der Waals surface area contributed by atoms with Gasteiger partial charge in [-0.3, -0.25) is 9.20 Å². The molecule has 0 amide bonds. The van der Waals surface area contributed by atoms with Gasteiger partial charge in [-0.05, 0) is 43.5 Å². The molecule has 3 aromatic rings. The van der Waals surface area contributed by atoms with Crippen LogP contribution in [0.3, 0.4) is 0 Å². The first kappa shape index (κ1) is 17.5. The zero-order chi connectivity index (χ0) is 18.6. The molecule has 1 saturated heterocycles. The Hall–Kier alpha value is -2.86. The maximum Gasteiger partial charge on any atom is 0.258 e. The number of ether oxygens (including phenoxy) is 2. The molecule has 140 valence electrons. The van der Waals surface area contributed by atoms with Crippen molar-refractivity contribution in [2.45, 2.75) is 32.4 Å². The average molecular weight is 365 g/mol. The first-order chi connectivity index (χ1) is 13.2. The normalized spacial score (nSPS) is 16.6. The molecule has 0 saturated carbocycles. The molecule has 0 radical (unpaired) electrons. The third-order valence-corrected chi connectivity index (χ3v) is 4.63. The second-order valence-corrected chi connectivity index (χ2v) is 6.85. The molecule has 0 bridgehead atoms. The quantitative estimate of drug-likeness (QED) is 0.727. The first-order valence-corrected chi connectivity index (χ1v) is 9.25. The van der Waals surface area contributed by atoms with Crippen molar-refractivity contribution in [1.82, 2.24) is 9.38 Å². The first-order valence-electron chi connectivity index (χ1n) is 9.25. The molecule has 6 heteroatoms. The Morgan fingerprint density at radius 3 is 3.07 bits per heavy atom. The number of anilines is 1. The van der Waals surface area contributed by atoms with Crippen molar-refractivity contribution < 1.29 is 9.47 Å². The minimum atomic E-state index is -0.0749. The number of benzene rings is 1. The average Bonchev–Trinajstić information content (AvgIpc) is 3.19. The van der Waals surface area contributed by atoms with Gasteiger partial charge < -0.3 is 14.8 Å². The summed E-state index contributed by atoms with van der Waals surface area (Å²) in [6.07, 6.45) is 4.16. The van der Waals surface area contributed by atoms with E-state index in [9.17, 15) is 4.79 Å². The summed E-state index contributed by atoms with van der Waals surface area (Å²) in [6, 6.07) is 13.2. The monoisotopic (exact) mass is 365 g/mol. The number of aryl methyl sites for hydroxylation is 1. The van der Waals surface area contributed by atoms with E-state index in [4.69, 9.17) is 9.47 Å². The predicted molar refractivity (Wildman–Crippen MR) is 104 cm³/mol. The van der Waals surface area contributed by atoms with E-state index in [-0.39, 0.29) is 11.7 Å². The highest BCUT2D eigenvalue weighted by Crippen LogP contribution is 2.20. The highest BCUT2D eigenvalue weighted by atomic mass is 16.5. The Kier molecular flexibility index (Phi) is 5.07. The molecule has 1 N–H and O–H groups in total. The Morgan fingerprint density at radius 2 is 2.22 bits per heavy atom. The molecule has 4 rings (SSSR count). The van der Waals surface area contributed by atoms with Crippen LogP contribution in [0.1, 0.15) is 24.1 Å². The molecule has 0 aliphatic carbocycles. The maximum absolute atomic E-state index is 12.3. The summed E-state index contributed by atoms with van der Waals surface area (Å²) in [6.45, 7) is 3.82. The molecule has 3 heterocycles. The van der Waals surface area contributed by atoms with Crippen LogP contribution in [0.15, 0.2) is 53.5 Å². The van der Waals surface area contributed by atoms with Crippen LogP contribution in [0.4, 0.5) is 5.69 Å². The van der Waals surface area contributed by atoms with Crippen LogP contribution in [-0.2, 0) is 11.3 Å². The van der Waals surface area contributed by atoms with E-state index >= 15 is 0 Å². The number of aromatic nitrogens is 2. The summed E-state index contributed by atoms with van der Waals surface area (Å²) in [7, 11) is 0. The minimum Gasteiger partial charge on any atom is -0.491 e. The standard InChI is InChI=1S/C21H23N3O3/c1-15-7-8-20-23-17(11-21(25)24(20)13-15)12-22-16-4-2-5-18(10-16)27-14-19-6-3-9-26-19/h2,4-5,7-8,10-11,13,19,22H,3,6,9,12,14H2,1H3. The van der Waals surface area contributed by atoms with E-state index in [1.807, 2.05) is 43.3 Å². The molecule has 1 aliphatic heterocycles. The van der Waals surface area contributed by atoms with Gasteiger partial charge in [-0.25, -0.2) is 4.98 Å². The lowest BCUT2D eigenvalue weighted by Crippen LogP contribution is -2.17. The highest BCUT2D eigenvalue weighted by Gasteiger charge is 2.16. The van der Waals surface area contributed by atoms with Gasteiger partial charge in [-0.1, -0.05) is 12.1 Å². The fraction of sp³-hybridized carbons (Fsp3) is 0.333. The van der Waals surface area contributed by atoms with E-state index in [0.717, 1.165) is 36.4 Å². The minimum absolute atomic E-state index is 0.0749. The topological polar surface area (TPSA) is 64.9 Å². The van der Waals surface area contributed by atoms with Crippen molar-refractivity contribution in [3.05, 3.63) is 70.3 Å². The van der Waals surface area contributed by atoms with E-state index < -0.39 is 0 Å². The van der Waals surface area contributed by atoms with Gasteiger partial charge in [0.2, 0.25) is 0 Å². The lowest BCUT2D eigenvalue weighted by atomic mass is 10.2. The van der Waals surface area contributed by atoms with Gasteiger partial charge in [-0.2, -0.15) is 0 Å². The summed E-state index contributed by atoms with van der Waals surface area (Å²) in [5.41, 5.74) is 3.23. The van der Waals surface area contributed by atoms with Gasteiger partial charge in [0.05, 0.1) is 18.3 Å². The maximum atomic E-state index is 12.3. The fourth-order valence-electron chi connectivity index (χ4n) is 3.20. The number of hydrogen-bond donors (Lipinski definition) is 1. The second kappa shape index (κ2) is 7.80. The number of fused-ring (bicyclic) bond motifs is 1. The molecule has 0 spiro atoms. The van der Waals surface area contributed by atoms with Crippen molar-refractivity contribution in [2.24, 2.45) is 0 Å². The van der Waals surface area contributed by atoms with Crippen LogP contribution in [0.2, 0.25) is 0 Å². The van der Waals surface area contributed by atoms with Gasteiger partial charge in [-0.15, -0.1) is 0 Å². The summed E-state index contributed by atoms with van der Waals surface area (Å²) in [5, 5.41) is 3.31. The third kappa shape index (κ3) is 4.28. The van der Waals surface area contributed by atoms with Crippen molar-refractivity contribution in [1.29, 1.82) is 0 Å². The number of nitrogens with zero attached hydrogens (tertiary/aromatic N) is 2. The van der Waals surface area contributed by atoms with E-state index in [1.54, 1.807) is 16.7 Å². The Morgan fingerprint density at radius 1 is 1.30 bits per heavy atom. The van der Waals surface area contributed by atoms with Crippen molar-refractivity contribution in [3.8, 4) is 5.75 Å².